The first-order chi connectivity index (χ1) is 25.7. The van der Waals surface area contributed by atoms with Gasteiger partial charge >= 0.3 is 0 Å². The molecule has 0 saturated heterocycles. The summed E-state index contributed by atoms with van der Waals surface area (Å²) in [5.74, 6) is 1.75. The van der Waals surface area contributed by atoms with Crippen LogP contribution in [-0.2, 0) is 0 Å². The Kier molecular flexibility index (Phi) is 6.23. The van der Waals surface area contributed by atoms with Crippen molar-refractivity contribution in [2.45, 2.75) is 6.92 Å². The van der Waals surface area contributed by atoms with Crippen LogP contribution in [0.3, 0.4) is 0 Å². The van der Waals surface area contributed by atoms with Gasteiger partial charge in [-0.15, -0.1) is 0 Å². The molecule has 244 valence electrons. The minimum atomic E-state index is -0.00946. The molecule has 0 bridgehead atoms. The topological polar surface area (TPSA) is 28.9 Å². The number of furan rings is 1. The second-order valence-corrected chi connectivity index (χ2v) is 13.8. The van der Waals surface area contributed by atoms with Gasteiger partial charge in [-0.25, -0.2) is 0 Å². The summed E-state index contributed by atoms with van der Waals surface area (Å²) in [6.07, 6.45) is 0. The molecule has 3 heterocycles. The van der Waals surface area contributed by atoms with Crippen LogP contribution >= 0.6 is 0 Å². The first-order valence-corrected chi connectivity index (χ1v) is 17.8. The van der Waals surface area contributed by atoms with Crippen molar-refractivity contribution >= 4 is 89.9 Å². The third-order valence-corrected chi connectivity index (χ3v) is 10.8. The second kappa shape index (κ2) is 11.1. The molecule has 2 aliphatic heterocycles. The minimum absolute atomic E-state index is 0.00946. The average molecular weight is 667 g/mol. The molecule has 52 heavy (non-hydrogen) atoms. The lowest BCUT2D eigenvalue weighted by Gasteiger charge is -2.40. The Bertz CT molecular complexity index is 2860. The highest BCUT2D eigenvalue weighted by Gasteiger charge is 2.42. The van der Waals surface area contributed by atoms with Crippen LogP contribution in [0.25, 0.3) is 32.7 Å². The number of hydrogen-bond acceptors (Lipinski definition) is 4. The van der Waals surface area contributed by atoms with E-state index in [4.69, 9.17) is 9.15 Å². The van der Waals surface area contributed by atoms with Gasteiger partial charge in [0.15, 0.2) is 0 Å². The molecule has 5 heteroatoms. The SMILES string of the molecule is Cc1ccc(N(c2ccc3c(c2)Oc2cccc4c2B3c2c(ccc3ccccc23)N4c2ccccc2)c2ccc3c(c2)oc2ccccc23)cc1. The monoisotopic (exact) mass is 666 g/mol. The molecule has 2 aliphatic rings. The summed E-state index contributed by atoms with van der Waals surface area (Å²) in [5, 5.41) is 4.71. The fourth-order valence-corrected chi connectivity index (χ4v) is 8.43. The zero-order chi connectivity index (χ0) is 34.3. The van der Waals surface area contributed by atoms with Crippen LogP contribution in [0.2, 0.25) is 0 Å². The standard InChI is InChI=1S/C47H31BN2O2/c1-30-18-21-33(22-19-30)49(34-23-25-38-37-14-7-8-16-42(37)51-44(38)28-34)35-24-26-39-45(29-35)52-43-17-9-15-40-47(43)48(39)46-36-13-6-5-10-31(36)20-27-41(46)50(40)32-11-3-2-4-12-32/h2-29H,1H3. The summed E-state index contributed by atoms with van der Waals surface area (Å²) in [5.41, 5.74) is 13.2. The van der Waals surface area contributed by atoms with Crippen LogP contribution in [0.1, 0.15) is 5.56 Å². The molecule has 0 unspecified atom stereocenters. The van der Waals surface area contributed by atoms with Crippen LogP contribution in [0, 0.1) is 6.92 Å². The normalized spacial score (nSPS) is 12.8. The highest BCUT2D eigenvalue weighted by Crippen LogP contribution is 2.44. The van der Waals surface area contributed by atoms with Gasteiger partial charge in [0.05, 0.1) is 0 Å². The van der Waals surface area contributed by atoms with E-state index in [0.29, 0.717) is 0 Å². The van der Waals surface area contributed by atoms with Gasteiger partial charge in [0, 0.05) is 57.0 Å². The van der Waals surface area contributed by atoms with E-state index in [1.54, 1.807) is 0 Å². The van der Waals surface area contributed by atoms with E-state index in [9.17, 15) is 0 Å². The van der Waals surface area contributed by atoms with Crippen LogP contribution in [-0.4, -0.2) is 6.71 Å². The molecule has 0 radical (unpaired) electrons. The number of rotatable bonds is 4. The van der Waals surface area contributed by atoms with Gasteiger partial charge in [0.1, 0.15) is 22.7 Å². The molecule has 11 rings (SSSR count). The molecule has 0 spiro atoms. The number of fused-ring (bicyclic) bond motifs is 9. The number of aryl methyl sites for hydroxylation is 1. The molecule has 1 aromatic heterocycles. The molecule has 9 aromatic rings. The van der Waals surface area contributed by atoms with Crippen LogP contribution in [0.4, 0.5) is 34.1 Å². The summed E-state index contributed by atoms with van der Waals surface area (Å²) >= 11 is 0. The molecule has 0 atom stereocenters. The molecule has 0 amide bonds. The summed E-state index contributed by atoms with van der Waals surface area (Å²) in [6.45, 7) is 2.11. The molecule has 8 aromatic carbocycles. The van der Waals surface area contributed by atoms with E-state index in [2.05, 4.69) is 174 Å². The molecular formula is C47H31BN2O2. The zero-order valence-corrected chi connectivity index (χ0v) is 28.5. The zero-order valence-electron chi connectivity index (χ0n) is 28.5. The maximum atomic E-state index is 6.96. The second-order valence-electron chi connectivity index (χ2n) is 13.8. The van der Waals surface area contributed by atoms with Crippen molar-refractivity contribution in [3.8, 4) is 11.5 Å². The highest BCUT2D eigenvalue weighted by molar-refractivity contribution is 7.00. The number of nitrogens with zero attached hydrogens (tertiary/aromatic N) is 2. The number of para-hydroxylation sites is 2. The largest absolute Gasteiger partial charge is 0.458 e. The molecule has 4 nitrogen and oxygen atoms in total. The Balaban J connectivity index is 1.12. The van der Waals surface area contributed by atoms with Crippen LogP contribution < -0.4 is 30.9 Å². The molecule has 0 fully saturated rings. The first-order valence-electron chi connectivity index (χ1n) is 17.8. The third-order valence-electron chi connectivity index (χ3n) is 10.8. The summed E-state index contributed by atoms with van der Waals surface area (Å²) in [7, 11) is 0. The molecule has 0 saturated carbocycles. The van der Waals surface area contributed by atoms with Gasteiger partial charge in [-0.3, -0.25) is 0 Å². The maximum Gasteiger partial charge on any atom is 0.257 e. The van der Waals surface area contributed by atoms with Crippen molar-refractivity contribution < 1.29 is 9.15 Å². The summed E-state index contributed by atoms with van der Waals surface area (Å²) in [4.78, 5) is 4.69. The Morgan fingerprint density at radius 2 is 1.21 bits per heavy atom. The Morgan fingerprint density at radius 3 is 2.10 bits per heavy atom. The average Bonchev–Trinajstić information content (AvgIpc) is 3.57. The van der Waals surface area contributed by atoms with Crippen molar-refractivity contribution in [2.24, 2.45) is 0 Å². The highest BCUT2D eigenvalue weighted by atomic mass is 16.5. The van der Waals surface area contributed by atoms with E-state index < -0.39 is 0 Å². The van der Waals surface area contributed by atoms with Gasteiger partial charge in [-0.05, 0) is 101 Å². The lowest BCUT2D eigenvalue weighted by Crippen LogP contribution is -2.59. The third kappa shape index (κ3) is 4.29. The fourth-order valence-electron chi connectivity index (χ4n) is 8.43. The minimum Gasteiger partial charge on any atom is -0.458 e. The maximum absolute atomic E-state index is 6.96. The van der Waals surface area contributed by atoms with E-state index in [1.807, 2.05) is 12.1 Å². The molecule has 0 aliphatic carbocycles. The first kappa shape index (κ1) is 29.1. The quantitative estimate of drug-likeness (QED) is 0.175. The predicted molar refractivity (Wildman–Crippen MR) is 217 cm³/mol. The number of hydrogen-bond donors (Lipinski definition) is 0. The van der Waals surface area contributed by atoms with Gasteiger partial charge in [-0.2, -0.15) is 0 Å². The fraction of sp³-hybridized carbons (Fsp3) is 0.0213. The Hall–Kier alpha value is -6.72. The van der Waals surface area contributed by atoms with Crippen molar-refractivity contribution in [3.05, 3.63) is 175 Å². The van der Waals surface area contributed by atoms with E-state index >= 15 is 0 Å². The Labute approximate surface area is 301 Å². The van der Waals surface area contributed by atoms with Crippen molar-refractivity contribution in [2.75, 3.05) is 9.80 Å². The van der Waals surface area contributed by atoms with Crippen LogP contribution in [0.15, 0.2) is 174 Å². The number of anilines is 6. The van der Waals surface area contributed by atoms with E-state index in [0.717, 1.165) is 67.3 Å². The predicted octanol–water partition coefficient (Wildman–Crippen LogP) is 10.9. The number of ether oxygens (including phenoxy) is 1. The number of benzene rings is 8. The van der Waals surface area contributed by atoms with Gasteiger partial charge in [-0.1, -0.05) is 96.6 Å². The van der Waals surface area contributed by atoms with Gasteiger partial charge in [0.25, 0.3) is 6.71 Å². The smallest absolute Gasteiger partial charge is 0.257 e. The van der Waals surface area contributed by atoms with Crippen LogP contribution in [0.5, 0.6) is 11.5 Å². The van der Waals surface area contributed by atoms with E-state index in [1.165, 1.54) is 32.9 Å². The van der Waals surface area contributed by atoms with Crippen molar-refractivity contribution in [1.29, 1.82) is 0 Å². The molecular weight excluding hydrogens is 635 g/mol. The van der Waals surface area contributed by atoms with Crippen molar-refractivity contribution in [3.63, 3.8) is 0 Å². The lowest BCUT2D eigenvalue weighted by molar-refractivity contribution is 0.487. The van der Waals surface area contributed by atoms with Gasteiger partial charge in [0.2, 0.25) is 0 Å². The summed E-state index contributed by atoms with van der Waals surface area (Å²) in [6, 6.07) is 60.6. The van der Waals surface area contributed by atoms with Crippen molar-refractivity contribution in [1.82, 2.24) is 0 Å². The molecule has 0 N–H and O–H groups in total. The van der Waals surface area contributed by atoms with E-state index in [-0.39, 0.29) is 6.71 Å². The lowest BCUT2D eigenvalue weighted by atomic mass is 9.33. The van der Waals surface area contributed by atoms with Gasteiger partial charge < -0.3 is 19.0 Å². The Morgan fingerprint density at radius 1 is 0.500 bits per heavy atom. The summed E-state index contributed by atoms with van der Waals surface area (Å²) < 4.78 is 13.3.